The first-order chi connectivity index (χ1) is 13.1. The molecule has 0 spiro atoms. The van der Waals surface area contributed by atoms with Gasteiger partial charge in [0.2, 0.25) is 0 Å². The zero-order valence-corrected chi connectivity index (χ0v) is 15.3. The van der Waals surface area contributed by atoms with E-state index in [1.807, 2.05) is 0 Å². The number of methoxy groups -OCH3 is 1. The summed E-state index contributed by atoms with van der Waals surface area (Å²) in [4.78, 5) is 12.5. The van der Waals surface area contributed by atoms with Crippen LogP contribution in [-0.4, -0.2) is 13.0 Å². The zero-order valence-electron chi connectivity index (χ0n) is 14.5. The fourth-order valence-corrected chi connectivity index (χ4v) is 2.69. The van der Waals surface area contributed by atoms with Crippen molar-refractivity contribution in [3.05, 3.63) is 88.7 Å². The normalized spacial score (nSPS) is 10.3. The highest BCUT2D eigenvalue weighted by molar-refractivity contribution is 6.30. The van der Waals surface area contributed by atoms with Gasteiger partial charge in [0.15, 0.2) is 0 Å². The Hall–Kier alpha value is -3.05. The van der Waals surface area contributed by atoms with E-state index in [0.717, 1.165) is 0 Å². The lowest BCUT2D eigenvalue weighted by Gasteiger charge is -2.13. The molecule has 0 unspecified atom stereocenters. The molecule has 0 saturated heterocycles. The van der Waals surface area contributed by atoms with E-state index in [1.165, 1.54) is 19.2 Å². The Kier molecular flexibility index (Phi) is 5.94. The second-order valence-corrected chi connectivity index (χ2v) is 6.14. The SMILES string of the molecule is COc1ccc(C(=O)Nc2ccccc2F)cc1COc1cccc(Cl)c1. The number of para-hydroxylation sites is 1. The van der Waals surface area contributed by atoms with Gasteiger partial charge < -0.3 is 14.8 Å². The average molecular weight is 386 g/mol. The molecule has 1 N–H and O–H groups in total. The molecular formula is C21H17ClFNO3. The number of amides is 1. The number of anilines is 1. The monoisotopic (exact) mass is 385 g/mol. The van der Waals surface area contributed by atoms with Crippen LogP contribution >= 0.6 is 11.6 Å². The molecule has 0 aliphatic heterocycles. The minimum absolute atomic E-state index is 0.120. The van der Waals surface area contributed by atoms with Crippen molar-refractivity contribution in [1.29, 1.82) is 0 Å². The fourth-order valence-electron chi connectivity index (χ4n) is 2.51. The number of hydrogen-bond acceptors (Lipinski definition) is 3. The van der Waals surface area contributed by atoms with Crippen molar-refractivity contribution in [1.82, 2.24) is 0 Å². The maximum Gasteiger partial charge on any atom is 0.255 e. The number of carbonyl (C=O) groups excluding carboxylic acids is 1. The van der Waals surface area contributed by atoms with Crippen LogP contribution in [0.3, 0.4) is 0 Å². The lowest BCUT2D eigenvalue weighted by Crippen LogP contribution is -2.13. The Labute approximate surface area is 161 Å². The highest BCUT2D eigenvalue weighted by Crippen LogP contribution is 2.24. The van der Waals surface area contributed by atoms with Crippen molar-refractivity contribution in [2.24, 2.45) is 0 Å². The molecule has 0 aliphatic rings. The summed E-state index contributed by atoms with van der Waals surface area (Å²) in [6.45, 7) is 0.185. The van der Waals surface area contributed by atoms with E-state index in [9.17, 15) is 9.18 Å². The van der Waals surface area contributed by atoms with Crippen molar-refractivity contribution in [3.8, 4) is 11.5 Å². The van der Waals surface area contributed by atoms with Gasteiger partial charge in [-0.3, -0.25) is 4.79 Å². The highest BCUT2D eigenvalue weighted by Gasteiger charge is 2.13. The van der Waals surface area contributed by atoms with Gasteiger partial charge in [-0.15, -0.1) is 0 Å². The Morgan fingerprint density at radius 1 is 1.07 bits per heavy atom. The maximum atomic E-state index is 13.7. The van der Waals surface area contributed by atoms with Crippen molar-refractivity contribution >= 4 is 23.2 Å². The molecular weight excluding hydrogens is 369 g/mol. The first-order valence-electron chi connectivity index (χ1n) is 8.18. The Bertz CT molecular complexity index is 962. The molecule has 4 nitrogen and oxygen atoms in total. The van der Waals surface area contributed by atoms with Gasteiger partial charge in [-0.05, 0) is 48.5 Å². The summed E-state index contributed by atoms with van der Waals surface area (Å²) in [5.74, 6) is 0.265. The van der Waals surface area contributed by atoms with Crippen molar-refractivity contribution in [2.45, 2.75) is 6.61 Å². The summed E-state index contributed by atoms with van der Waals surface area (Å²) in [5.41, 5.74) is 1.16. The minimum Gasteiger partial charge on any atom is -0.496 e. The van der Waals surface area contributed by atoms with Crippen LogP contribution in [0.4, 0.5) is 10.1 Å². The van der Waals surface area contributed by atoms with Gasteiger partial charge in [-0.1, -0.05) is 29.8 Å². The Balaban J connectivity index is 1.78. The van der Waals surface area contributed by atoms with Crippen LogP contribution in [0.5, 0.6) is 11.5 Å². The van der Waals surface area contributed by atoms with E-state index in [2.05, 4.69) is 5.32 Å². The molecule has 3 aromatic rings. The molecule has 27 heavy (non-hydrogen) atoms. The standard InChI is InChI=1S/C21H17ClFNO3/c1-26-20-10-9-14(21(25)24-19-8-3-2-7-18(19)23)11-15(20)13-27-17-6-4-5-16(22)12-17/h2-12H,13H2,1H3,(H,24,25). The molecule has 0 radical (unpaired) electrons. The molecule has 3 aromatic carbocycles. The molecule has 0 bridgehead atoms. The second kappa shape index (κ2) is 8.56. The minimum atomic E-state index is -0.496. The van der Waals surface area contributed by atoms with Gasteiger partial charge in [-0.25, -0.2) is 4.39 Å². The molecule has 0 heterocycles. The van der Waals surface area contributed by atoms with E-state index in [1.54, 1.807) is 54.6 Å². The summed E-state index contributed by atoms with van der Waals surface area (Å²) < 4.78 is 24.8. The third-order valence-electron chi connectivity index (χ3n) is 3.86. The summed E-state index contributed by atoms with van der Waals surface area (Å²) in [5, 5.41) is 3.13. The largest absolute Gasteiger partial charge is 0.496 e. The molecule has 0 fully saturated rings. The van der Waals surface area contributed by atoms with Crippen LogP contribution in [0, 0.1) is 5.82 Å². The van der Waals surface area contributed by atoms with Crippen LogP contribution in [0.25, 0.3) is 0 Å². The van der Waals surface area contributed by atoms with Gasteiger partial charge >= 0.3 is 0 Å². The fraction of sp³-hybridized carbons (Fsp3) is 0.0952. The van der Waals surface area contributed by atoms with E-state index < -0.39 is 11.7 Å². The lowest BCUT2D eigenvalue weighted by atomic mass is 10.1. The highest BCUT2D eigenvalue weighted by atomic mass is 35.5. The summed E-state index contributed by atoms with van der Waals surface area (Å²) >= 11 is 5.95. The molecule has 6 heteroatoms. The van der Waals surface area contributed by atoms with Gasteiger partial charge in [0.1, 0.15) is 23.9 Å². The summed E-state index contributed by atoms with van der Waals surface area (Å²) in [6.07, 6.45) is 0. The third-order valence-corrected chi connectivity index (χ3v) is 4.09. The van der Waals surface area contributed by atoms with Crippen LogP contribution in [0.1, 0.15) is 15.9 Å². The van der Waals surface area contributed by atoms with Crippen molar-refractivity contribution < 1.29 is 18.7 Å². The van der Waals surface area contributed by atoms with E-state index in [0.29, 0.717) is 27.6 Å². The Morgan fingerprint density at radius 3 is 2.63 bits per heavy atom. The second-order valence-electron chi connectivity index (χ2n) is 5.71. The van der Waals surface area contributed by atoms with Crippen LogP contribution in [0.2, 0.25) is 5.02 Å². The lowest BCUT2D eigenvalue weighted by molar-refractivity contribution is 0.102. The van der Waals surface area contributed by atoms with Crippen molar-refractivity contribution in [2.75, 3.05) is 12.4 Å². The molecule has 0 saturated carbocycles. The molecule has 0 aromatic heterocycles. The predicted molar refractivity (Wildman–Crippen MR) is 103 cm³/mol. The zero-order chi connectivity index (χ0) is 19.2. The number of hydrogen-bond donors (Lipinski definition) is 1. The van der Waals surface area contributed by atoms with Gasteiger partial charge in [-0.2, -0.15) is 0 Å². The van der Waals surface area contributed by atoms with Crippen LogP contribution in [0.15, 0.2) is 66.7 Å². The maximum absolute atomic E-state index is 13.7. The van der Waals surface area contributed by atoms with Crippen LogP contribution in [-0.2, 0) is 6.61 Å². The molecule has 138 valence electrons. The number of benzene rings is 3. The van der Waals surface area contributed by atoms with Crippen LogP contribution < -0.4 is 14.8 Å². The Morgan fingerprint density at radius 2 is 1.89 bits per heavy atom. The first-order valence-corrected chi connectivity index (χ1v) is 8.56. The number of carbonyl (C=O) groups is 1. The first kappa shape index (κ1) is 18.7. The molecule has 0 aliphatic carbocycles. The average Bonchev–Trinajstić information content (AvgIpc) is 2.68. The third kappa shape index (κ3) is 4.77. The van der Waals surface area contributed by atoms with E-state index in [4.69, 9.17) is 21.1 Å². The summed E-state index contributed by atoms with van der Waals surface area (Å²) in [6, 6.07) is 17.9. The van der Waals surface area contributed by atoms with Gasteiger partial charge in [0, 0.05) is 16.1 Å². The molecule has 1 amide bonds. The van der Waals surface area contributed by atoms with E-state index in [-0.39, 0.29) is 12.3 Å². The number of ether oxygens (including phenoxy) is 2. The number of halogens is 2. The predicted octanol–water partition coefficient (Wildman–Crippen LogP) is 5.32. The smallest absolute Gasteiger partial charge is 0.255 e. The molecule has 0 atom stereocenters. The quantitative estimate of drug-likeness (QED) is 0.624. The van der Waals surface area contributed by atoms with E-state index >= 15 is 0 Å². The summed E-state index contributed by atoms with van der Waals surface area (Å²) in [7, 11) is 1.54. The van der Waals surface area contributed by atoms with Gasteiger partial charge in [0.05, 0.1) is 12.8 Å². The molecule has 3 rings (SSSR count). The number of rotatable bonds is 6. The number of nitrogens with one attached hydrogen (secondary N) is 1. The van der Waals surface area contributed by atoms with Crippen molar-refractivity contribution in [3.63, 3.8) is 0 Å². The topological polar surface area (TPSA) is 47.6 Å². The van der Waals surface area contributed by atoms with Gasteiger partial charge in [0.25, 0.3) is 5.91 Å².